The van der Waals surface area contributed by atoms with Gasteiger partial charge in [0.25, 0.3) is 0 Å². The van der Waals surface area contributed by atoms with Crippen LogP contribution in [0.3, 0.4) is 0 Å². The van der Waals surface area contributed by atoms with Gasteiger partial charge in [-0.15, -0.1) is 0 Å². The summed E-state index contributed by atoms with van der Waals surface area (Å²) in [7, 11) is 0. The number of amides is 1. The molecule has 0 spiro atoms. The minimum atomic E-state index is -1.25. The van der Waals surface area contributed by atoms with Gasteiger partial charge in [0.1, 0.15) is 0 Å². The molecule has 4 nitrogen and oxygen atoms in total. The Balaban J connectivity index is 2.72. The van der Waals surface area contributed by atoms with Crippen LogP contribution >= 0.6 is 0 Å². The van der Waals surface area contributed by atoms with Gasteiger partial charge in [0, 0.05) is 13.0 Å². The quantitative estimate of drug-likeness (QED) is 0.930. The zero-order valence-electron chi connectivity index (χ0n) is 13.1. The first kappa shape index (κ1) is 15.5. The van der Waals surface area contributed by atoms with Crippen molar-refractivity contribution in [3.05, 3.63) is 35.4 Å². The Morgan fingerprint density at radius 1 is 1.33 bits per heavy atom. The normalized spacial score (nSPS) is 24.5. The molecule has 0 bridgehead atoms. The van der Waals surface area contributed by atoms with Crippen LogP contribution in [0.5, 0.6) is 0 Å². The molecule has 0 saturated heterocycles. The van der Waals surface area contributed by atoms with Gasteiger partial charge in [0.2, 0.25) is 5.91 Å². The molecule has 0 radical (unpaired) electrons. The van der Waals surface area contributed by atoms with Crippen molar-refractivity contribution in [3.8, 4) is 0 Å². The summed E-state index contributed by atoms with van der Waals surface area (Å²) in [5.74, 6) is -0.822. The monoisotopic (exact) mass is 289 g/mol. The molecule has 0 aliphatic heterocycles. The van der Waals surface area contributed by atoms with Crippen molar-refractivity contribution in [1.29, 1.82) is 0 Å². The van der Waals surface area contributed by atoms with Gasteiger partial charge in [-0.25, -0.2) is 4.79 Å². The highest BCUT2D eigenvalue weighted by atomic mass is 16.4. The number of aliphatic carboxylic acids is 1. The van der Waals surface area contributed by atoms with Crippen LogP contribution in [-0.4, -0.2) is 27.9 Å². The highest BCUT2D eigenvalue weighted by molar-refractivity contribution is 5.88. The summed E-state index contributed by atoms with van der Waals surface area (Å²) >= 11 is 0. The fourth-order valence-electron chi connectivity index (χ4n) is 3.67. The molecule has 1 aliphatic carbocycles. The van der Waals surface area contributed by atoms with E-state index in [0.29, 0.717) is 12.3 Å². The summed E-state index contributed by atoms with van der Waals surface area (Å²) in [6, 6.07) is 7.46. The zero-order chi connectivity index (χ0) is 15.8. The van der Waals surface area contributed by atoms with E-state index in [4.69, 9.17) is 0 Å². The lowest BCUT2D eigenvalue weighted by atomic mass is 9.71. The van der Waals surface area contributed by atoms with Gasteiger partial charge in [0.05, 0.1) is 0 Å². The average molecular weight is 289 g/mol. The number of nitrogens with zero attached hydrogens (tertiary/aromatic N) is 1. The molecule has 0 fully saturated rings. The number of hydrogen-bond donors (Lipinski definition) is 1. The van der Waals surface area contributed by atoms with Crippen molar-refractivity contribution in [2.45, 2.75) is 58.0 Å². The summed E-state index contributed by atoms with van der Waals surface area (Å²) in [5, 5.41) is 10.00. The number of benzene rings is 1. The number of carbonyl (C=O) groups excluding carboxylic acids is 1. The van der Waals surface area contributed by atoms with E-state index >= 15 is 0 Å². The molecule has 2 unspecified atom stereocenters. The van der Waals surface area contributed by atoms with E-state index in [1.165, 1.54) is 11.8 Å². The van der Waals surface area contributed by atoms with E-state index in [-0.39, 0.29) is 11.9 Å². The minimum Gasteiger partial charge on any atom is -0.479 e. The van der Waals surface area contributed by atoms with Gasteiger partial charge in [-0.2, -0.15) is 0 Å². The average Bonchev–Trinajstić information content (AvgIpc) is 2.41. The molecule has 21 heavy (non-hydrogen) atoms. The Morgan fingerprint density at radius 3 is 2.48 bits per heavy atom. The molecule has 1 aliphatic rings. The first-order chi connectivity index (χ1) is 9.82. The van der Waals surface area contributed by atoms with Gasteiger partial charge < -0.3 is 10.0 Å². The fourth-order valence-corrected chi connectivity index (χ4v) is 3.67. The Hall–Kier alpha value is -1.84. The maximum atomic E-state index is 12.2. The molecule has 0 heterocycles. The van der Waals surface area contributed by atoms with Gasteiger partial charge in [-0.1, -0.05) is 31.2 Å². The van der Waals surface area contributed by atoms with Crippen LogP contribution in [0, 0.1) is 0 Å². The van der Waals surface area contributed by atoms with Crippen molar-refractivity contribution < 1.29 is 14.7 Å². The number of fused-ring (bicyclic) bond motifs is 1. The Morgan fingerprint density at radius 2 is 1.95 bits per heavy atom. The second kappa shape index (κ2) is 5.51. The summed E-state index contributed by atoms with van der Waals surface area (Å²) in [5.41, 5.74) is 0.557. The van der Waals surface area contributed by atoms with Gasteiger partial charge in [-0.05, 0) is 43.7 Å². The van der Waals surface area contributed by atoms with E-state index in [9.17, 15) is 14.7 Å². The number of rotatable bonds is 3. The number of carboxylic acids is 1. The molecule has 2 atom stereocenters. The van der Waals surface area contributed by atoms with Crippen molar-refractivity contribution >= 4 is 11.9 Å². The molecule has 114 valence electrons. The van der Waals surface area contributed by atoms with Gasteiger partial charge >= 0.3 is 5.97 Å². The largest absolute Gasteiger partial charge is 0.479 e. The summed E-state index contributed by atoms with van der Waals surface area (Å²) < 4.78 is 0. The minimum absolute atomic E-state index is 0.167. The van der Waals surface area contributed by atoms with E-state index in [1.807, 2.05) is 38.1 Å². The van der Waals surface area contributed by atoms with E-state index in [2.05, 4.69) is 6.92 Å². The van der Waals surface area contributed by atoms with Crippen molar-refractivity contribution in [1.82, 2.24) is 4.90 Å². The molecule has 1 N–H and O–H groups in total. The third kappa shape index (κ3) is 2.33. The molecule has 2 rings (SSSR count). The number of carboxylic acid groups (broad SMARTS) is 1. The molecule has 1 amide bonds. The molecule has 1 aromatic carbocycles. The summed E-state index contributed by atoms with van der Waals surface area (Å²) in [6.45, 7) is 7.29. The maximum absolute atomic E-state index is 12.2. The van der Waals surface area contributed by atoms with Crippen LogP contribution in [-0.2, 0) is 15.1 Å². The van der Waals surface area contributed by atoms with Crippen LogP contribution in [0.1, 0.15) is 57.6 Å². The van der Waals surface area contributed by atoms with Crippen LogP contribution in [0.15, 0.2) is 24.3 Å². The predicted octanol–water partition coefficient (Wildman–Crippen LogP) is 3.12. The van der Waals surface area contributed by atoms with Crippen LogP contribution in [0.25, 0.3) is 0 Å². The lowest BCUT2D eigenvalue weighted by Gasteiger charge is -2.47. The molecule has 0 saturated carbocycles. The van der Waals surface area contributed by atoms with Crippen molar-refractivity contribution in [2.24, 2.45) is 0 Å². The standard InChI is InChI=1S/C17H23NO3/c1-11(2)18(13(4)19)17(16(20)21)10-9-12(3)14-7-5-6-8-15(14)17/h5-8,11-12H,9-10H2,1-4H3,(H,20,21). The first-order valence-electron chi connectivity index (χ1n) is 7.45. The van der Waals surface area contributed by atoms with Crippen molar-refractivity contribution in [3.63, 3.8) is 0 Å². The molecule has 0 aromatic heterocycles. The maximum Gasteiger partial charge on any atom is 0.334 e. The fraction of sp³-hybridized carbons (Fsp3) is 0.529. The second-order valence-electron chi connectivity index (χ2n) is 6.18. The van der Waals surface area contributed by atoms with Gasteiger partial charge in [0.15, 0.2) is 5.54 Å². The van der Waals surface area contributed by atoms with Crippen molar-refractivity contribution in [2.75, 3.05) is 0 Å². The van der Waals surface area contributed by atoms with Crippen LogP contribution in [0.4, 0.5) is 0 Å². The third-order valence-electron chi connectivity index (χ3n) is 4.50. The topological polar surface area (TPSA) is 57.6 Å². The lowest BCUT2D eigenvalue weighted by Crippen LogP contribution is -2.58. The van der Waals surface area contributed by atoms with Gasteiger partial charge in [-0.3, -0.25) is 4.79 Å². The van der Waals surface area contributed by atoms with E-state index in [1.54, 1.807) is 0 Å². The van der Waals surface area contributed by atoms with E-state index in [0.717, 1.165) is 17.5 Å². The Kier molecular flexibility index (Phi) is 4.08. The predicted molar refractivity (Wildman–Crippen MR) is 81.1 cm³/mol. The highest BCUT2D eigenvalue weighted by Gasteiger charge is 2.51. The number of hydrogen-bond acceptors (Lipinski definition) is 2. The molecule has 4 heteroatoms. The Labute approximate surface area is 125 Å². The molecular formula is C17H23NO3. The SMILES string of the molecule is CC(=O)N(C(C)C)C1(C(=O)O)CCC(C)c2ccccc21. The van der Waals surface area contributed by atoms with Crippen LogP contribution < -0.4 is 0 Å². The van der Waals surface area contributed by atoms with E-state index < -0.39 is 11.5 Å². The third-order valence-corrected chi connectivity index (χ3v) is 4.50. The zero-order valence-corrected chi connectivity index (χ0v) is 13.1. The molecular weight excluding hydrogens is 266 g/mol. The highest BCUT2D eigenvalue weighted by Crippen LogP contribution is 2.45. The number of carbonyl (C=O) groups is 2. The summed E-state index contributed by atoms with van der Waals surface area (Å²) in [6.07, 6.45) is 1.22. The Bertz CT molecular complexity index is 567. The molecule has 1 aromatic rings. The van der Waals surface area contributed by atoms with Crippen LogP contribution in [0.2, 0.25) is 0 Å². The smallest absolute Gasteiger partial charge is 0.334 e. The summed E-state index contributed by atoms with van der Waals surface area (Å²) in [4.78, 5) is 25.9. The second-order valence-corrected chi connectivity index (χ2v) is 6.18. The first-order valence-corrected chi connectivity index (χ1v) is 7.45. The lowest BCUT2D eigenvalue weighted by molar-refractivity contribution is -0.163.